The monoisotopic (exact) mass is 157 g/mol. The van der Waals surface area contributed by atoms with Crippen molar-refractivity contribution in [3.8, 4) is 0 Å². The van der Waals surface area contributed by atoms with Gasteiger partial charge in [0.2, 0.25) is 0 Å². The van der Waals surface area contributed by atoms with Gasteiger partial charge in [-0.25, -0.2) is 0 Å². The molecule has 1 aliphatic heterocycles. The first-order chi connectivity index (χ1) is 5.83. The van der Waals surface area contributed by atoms with Crippen LogP contribution in [0, 0.1) is 11.3 Å². The van der Waals surface area contributed by atoms with Crippen molar-refractivity contribution in [1.29, 1.82) is 0 Å². The third-order valence-corrected chi connectivity index (χ3v) is 3.20. The molecule has 0 aromatic carbocycles. The molecule has 0 bridgehead atoms. The quantitative estimate of drug-likeness (QED) is 0.512. The summed E-state index contributed by atoms with van der Waals surface area (Å²) in [7, 11) is 0. The standard InChI is InChI=1S/C11H11N/c1-8-7-12-10-4-2-3-5-11(10)6-9(8)11/h2-5,7,9H,6H2,1H3. The summed E-state index contributed by atoms with van der Waals surface area (Å²) in [5.74, 6) is 0.756. The Morgan fingerprint density at radius 2 is 2.42 bits per heavy atom. The summed E-state index contributed by atoms with van der Waals surface area (Å²) < 4.78 is 0. The number of hydrogen-bond acceptors (Lipinski definition) is 1. The van der Waals surface area contributed by atoms with Crippen LogP contribution in [-0.2, 0) is 0 Å². The Bertz CT molecular complexity index is 357. The zero-order chi connectivity index (χ0) is 8.18. The molecule has 1 saturated carbocycles. The predicted molar refractivity (Wildman–Crippen MR) is 50.0 cm³/mol. The molecule has 60 valence electrons. The van der Waals surface area contributed by atoms with Crippen molar-refractivity contribution < 1.29 is 0 Å². The summed E-state index contributed by atoms with van der Waals surface area (Å²) in [5, 5.41) is 0. The second-order valence-corrected chi connectivity index (χ2v) is 3.90. The van der Waals surface area contributed by atoms with Crippen LogP contribution in [0.25, 0.3) is 0 Å². The third kappa shape index (κ3) is 0.580. The normalized spacial score (nSPS) is 41.2. The maximum Gasteiger partial charge on any atom is 0.0509 e. The van der Waals surface area contributed by atoms with Crippen LogP contribution in [0.1, 0.15) is 13.3 Å². The van der Waals surface area contributed by atoms with Crippen LogP contribution in [-0.4, -0.2) is 5.71 Å². The lowest BCUT2D eigenvalue weighted by Crippen LogP contribution is -2.18. The van der Waals surface area contributed by atoms with E-state index in [9.17, 15) is 0 Å². The van der Waals surface area contributed by atoms with E-state index in [0.717, 1.165) is 5.92 Å². The van der Waals surface area contributed by atoms with Gasteiger partial charge in [-0.1, -0.05) is 23.8 Å². The Hall–Kier alpha value is -1.11. The highest BCUT2D eigenvalue weighted by atomic mass is 14.8. The first kappa shape index (κ1) is 6.41. The van der Waals surface area contributed by atoms with Gasteiger partial charge in [0.1, 0.15) is 0 Å². The van der Waals surface area contributed by atoms with E-state index in [1.54, 1.807) is 0 Å². The number of allylic oxidation sites excluding steroid dienone is 5. The number of hydrogen-bond donors (Lipinski definition) is 0. The first-order valence-electron chi connectivity index (χ1n) is 4.44. The molecule has 0 aromatic rings. The summed E-state index contributed by atoms with van der Waals surface area (Å²) in [6.45, 7) is 2.19. The lowest BCUT2D eigenvalue weighted by atomic mass is 9.89. The molecule has 3 rings (SSSR count). The van der Waals surface area contributed by atoms with E-state index in [4.69, 9.17) is 0 Å². The maximum atomic E-state index is 4.46. The van der Waals surface area contributed by atoms with Crippen molar-refractivity contribution in [2.24, 2.45) is 16.3 Å². The van der Waals surface area contributed by atoms with Gasteiger partial charge in [-0.2, -0.15) is 0 Å². The van der Waals surface area contributed by atoms with Crippen LogP contribution in [0.15, 0.2) is 41.1 Å². The summed E-state index contributed by atoms with van der Waals surface area (Å²) in [4.78, 5) is 4.46. The average Bonchev–Trinajstić information content (AvgIpc) is 2.80. The molecule has 1 fully saturated rings. The molecular formula is C11H11N. The maximum absolute atomic E-state index is 4.46. The fourth-order valence-corrected chi connectivity index (χ4v) is 2.35. The lowest BCUT2D eigenvalue weighted by molar-refractivity contribution is 0.790. The zero-order valence-corrected chi connectivity index (χ0v) is 7.12. The van der Waals surface area contributed by atoms with Crippen molar-refractivity contribution in [3.05, 3.63) is 36.1 Å². The van der Waals surface area contributed by atoms with E-state index in [2.05, 4.69) is 36.2 Å². The van der Waals surface area contributed by atoms with Gasteiger partial charge in [-0.3, -0.25) is 4.99 Å². The molecule has 0 N–H and O–H groups in total. The van der Waals surface area contributed by atoms with E-state index in [-0.39, 0.29) is 0 Å². The molecule has 12 heavy (non-hydrogen) atoms. The minimum atomic E-state index is 0.327. The van der Waals surface area contributed by atoms with Gasteiger partial charge in [-0.15, -0.1) is 0 Å². The fourth-order valence-electron chi connectivity index (χ4n) is 2.35. The molecule has 2 aliphatic carbocycles. The molecule has 2 atom stereocenters. The van der Waals surface area contributed by atoms with E-state index in [1.807, 2.05) is 6.20 Å². The average molecular weight is 157 g/mol. The molecule has 0 amide bonds. The molecule has 3 aliphatic rings. The van der Waals surface area contributed by atoms with Crippen molar-refractivity contribution >= 4 is 5.71 Å². The summed E-state index contributed by atoms with van der Waals surface area (Å²) in [6.07, 6.45) is 12.0. The smallest absolute Gasteiger partial charge is 0.0509 e. The van der Waals surface area contributed by atoms with E-state index in [0.29, 0.717) is 5.41 Å². The van der Waals surface area contributed by atoms with Crippen molar-refractivity contribution in [2.75, 3.05) is 0 Å². The number of aliphatic imine (C=N–C) groups is 1. The van der Waals surface area contributed by atoms with Crippen LogP contribution >= 0.6 is 0 Å². The topological polar surface area (TPSA) is 12.4 Å². The molecule has 0 aromatic heterocycles. The van der Waals surface area contributed by atoms with Crippen LogP contribution in [0.4, 0.5) is 0 Å². The summed E-state index contributed by atoms with van der Waals surface area (Å²) >= 11 is 0. The third-order valence-electron chi connectivity index (χ3n) is 3.20. The van der Waals surface area contributed by atoms with Crippen LogP contribution in [0.5, 0.6) is 0 Å². The minimum absolute atomic E-state index is 0.327. The number of nitrogens with zero attached hydrogens (tertiary/aromatic N) is 1. The summed E-state index contributed by atoms with van der Waals surface area (Å²) in [6, 6.07) is 0. The van der Waals surface area contributed by atoms with Crippen molar-refractivity contribution in [1.82, 2.24) is 0 Å². The molecule has 1 spiro atoms. The van der Waals surface area contributed by atoms with Gasteiger partial charge in [-0.05, 0) is 25.3 Å². The van der Waals surface area contributed by atoms with Gasteiger partial charge < -0.3 is 0 Å². The zero-order valence-electron chi connectivity index (χ0n) is 7.12. The van der Waals surface area contributed by atoms with Gasteiger partial charge in [0.05, 0.1) is 5.71 Å². The Morgan fingerprint density at radius 3 is 3.33 bits per heavy atom. The molecule has 1 nitrogen and oxygen atoms in total. The highest BCUT2D eigenvalue weighted by molar-refractivity contribution is 6.06. The van der Waals surface area contributed by atoms with E-state index in [1.165, 1.54) is 17.7 Å². The Kier molecular flexibility index (Phi) is 0.957. The molecule has 0 radical (unpaired) electrons. The van der Waals surface area contributed by atoms with Gasteiger partial charge in [0.25, 0.3) is 0 Å². The number of rotatable bonds is 0. The largest absolute Gasteiger partial charge is 0.260 e. The molecule has 0 saturated heterocycles. The second kappa shape index (κ2) is 1.79. The van der Waals surface area contributed by atoms with Crippen molar-refractivity contribution in [3.63, 3.8) is 0 Å². The van der Waals surface area contributed by atoms with Gasteiger partial charge in [0, 0.05) is 11.6 Å². The highest BCUT2D eigenvalue weighted by Gasteiger charge is 2.57. The van der Waals surface area contributed by atoms with Crippen LogP contribution < -0.4 is 0 Å². The SMILES string of the molecule is CC1=CN=C2C=CC=CC23CC13. The molecular weight excluding hydrogens is 146 g/mol. The Morgan fingerprint density at radius 1 is 1.50 bits per heavy atom. The Labute approximate surface area is 72.2 Å². The highest BCUT2D eigenvalue weighted by Crippen LogP contribution is 2.61. The van der Waals surface area contributed by atoms with Crippen molar-refractivity contribution in [2.45, 2.75) is 13.3 Å². The summed E-state index contributed by atoms with van der Waals surface area (Å²) in [5.41, 5.74) is 3.03. The fraction of sp³-hybridized carbons (Fsp3) is 0.364. The Balaban J connectivity index is 2.16. The van der Waals surface area contributed by atoms with E-state index >= 15 is 0 Å². The predicted octanol–water partition coefficient (Wildman–Crippen LogP) is 2.48. The van der Waals surface area contributed by atoms with Gasteiger partial charge >= 0.3 is 0 Å². The second-order valence-electron chi connectivity index (χ2n) is 3.90. The molecule has 2 unspecified atom stereocenters. The first-order valence-corrected chi connectivity index (χ1v) is 4.44. The molecule has 1 heteroatoms. The minimum Gasteiger partial charge on any atom is -0.260 e. The molecule has 1 heterocycles. The van der Waals surface area contributed by atoms with Crippen LogP contribution in [0.3, 0.4) is 0 Å². The van der Waals surface area contributed by atoms with E-state index < -0.39 is 0 Å². The van der Waals surface area contributed by atoms with Crippen LogP contribution in [0.2, 0.25) is 0 Å². The van der Waals surface area contributed by atoms with Gasteiger partial charge in [0.15, 0.2) is 0 Å². The lowest BCUT2D eigenvalue weighted by Gasteiger charge is -2.19.